The van der Waals surface area contributed by atoms with Crippen molar-refractivity contribution in [2.24, 2.45) is 16.5 Å². The van der Waals surface area contributed by atoms with Crippen molar-refractivity contribution in [3.63, 3.8) is 0 Å². The van der Waals surface area contributed by atoms with E-state index in [0.717, 1.165) is 11.3 Å². The summed E-state index contributed by atoms with van der Waals surface area (Å²) in [4.78, 5) is 29.9. The van der Waals surface area contributed by atoms with Crippen molar-refractivity contribution in [2.75, 3.05) is 18.0 Å². The highest BCUT2D eigenvalue weighted by atomic mass is 16.2. The number of amides is 3. The van der Waals surface area contributed by atoms with Crippen LogP contribution in [0.25, 0.3) is 0 Å². The number of anilines is 1. The zero-order valence-electron chi connectivity index (χ0n) is 15.3. The highest BCUT2D eigenvalue weighted by molar-refractivity contribution is 5.98. The zero-order chi connectivity index (χ0) is 20.1. The molecule has 2 heterocycles. The molecule has 146 valence electrons. The lowest BCUT2D eigenvalue weighted by Crippen LogP contribution is -2.51. The van der Waals surface area contributed by atoms with Crippen molar-refractivity contribution >= 4 is 23.6 Å². The number of fused-ring (bicyclic) bond motifs is 1. The number of nitrogens with one attached hydrogen (secondary N) is 3. The Labute approximate surface area is 162 Å². The first-order valence-corrected chi connectivity index (χ1v) is 8.83. The van der Waals surface area contributed by atoms with Crippen molar-refractivity contribution in [1.29, 1.82) is 0 Å². The molecule has 28 heavy (non-hydrogen) atoms. The molecule has 0 fully saturated rings. The number of hydrogen-bond acceptors (Lipinski definition) is 4. The molecule has 9 nitrogen and oxygen atoms in total. The molecule has 0 aliphatic carbocycles. The van der Waals surface area contributed by atoms with Gasteiger partial charge < -0.3 is 27.4 Å². The maximum Gasteiger partial charge on any atom is 0.327 e. The minimum Gasteiger partial charge on any atom is -0.370 e. The van der Waals surface area contributed by atoms with Gasteiger partial charge in [-0.05, 0) is 42.8 Å². The average Bonchev–Trinajstić information content (AvgIpc) is 3.08. The Morgan fingerprint density at radius 3 is 2.71 bits per heavy atom. The fourth-order valence-electron chi connectivity index (χ4n) is 2.86. The largest absolute Gasteiger partial charge is 0.370 e. The van der Waals surface area contributed by atoms with Crippen LogP contribution in [-0.4, -0.2) is 37.2 Å². The first kappa shape index (κ1) is 19.0. The molecule has 3 rings (SSSR count). The van der Waals surface area contributed by atoms with Gasteiger partial charge in [0.15, 0.2) is 5.96 Å². The Balaban J connectivity index is 1.62. The van der Waals surface area contributed by atoms with E-state index >= 15 is 0 Å². The number of carbonyl (C=O) groups is 2. The van der Waals surface area contributed by atoms with E-state index in [2.05, 4.69) is 27.5 Å². The van der Waals surface area contributed by atoms with Crippen LogP contribution in [0.15, 0.2) is 65.5 Å². The second-order valence-electron chi connectivity index (χ2n) is 6.29. The maximum atomic E-state index is 12.4. The van der Waals surface area contributed by atoms with Crippen molar-refractivity contribution in [3.8, 4) is 0 Å². The van der Waals surface area contributed by atoms with E-state index in [1.54, 1.807) is 36.5 Å². The van der Waals surface area contributed by atoms with Crippen molar-refractivity contribution in [1.82, 2.24) is 16.0 Å². The van der Waals surface area contributed by atoms with Gasteiger partial charge in [0.25, 0.3) is 5.91 Å². The summed E-state index contributed by atoms with van der Waals surface area (Å²) < 4.78 is 0. The summed E-state index contributed by atoms with van der Waals surface area (Å²) in [6.45, 7) is 4.64. The van der Waals surface area contributed by atoms with Gasteiger partial charge >= 0.3 is 6.03 Å². The number of benzene rings is 1. The van der Waals surface area contributed by atoms with Gasteiger partial charge in [-0.25, -0.2) is 4.79 Å². The standard InChI is InChI=1S/C19H23N7O2/c1-2-14-10-13-11-26(19(28)25-16(13)24-14)15-6-4-12(5-7-15)17(27)22-8-3-9-23-18(20)21/h2,4-7,10-11,16,24H,1,3,8-9H2,(H,22,27)(H,25,28)(H4,20,21,23). The summed E-state index contributed by atoms with van der Waals surface area (Å²) >= 11 is 0. The van der Waals surface area contributed by atoms with Crippen LogP contribution in [-0.2, 0) is 0 Å². The van der Waals surface area contributed by atoms with Gasteiger partial charge in [0.2, 0.25) is 0 Å². The topological polar surface area (TPSA) is 138 Å². The number of allylic oxidation sites excluding steroid dienone is 1. The molecule has 7 N–H and O–H groups in total. The number of rotatable bonds is 7. The molecule has 2 aliphatic heterocycles. The quantitative estimate of drug-likeness (QED) is 0.266. The van der Waals surface area contributed by atoms with E-state index in [-0.39, 0.29) is 24.1 Å². The summed E-state index contributed by atoms with van der Waals surface area (Å²) in [6, 6.07) is 6.56. The van der Waals surface area contributed by atoms with E-state index in [0.29, 0.717) is 30.8 Å². The van der Waals surface area contributed by atoms with E-state index in [1.165, 1.54) is 4.90 Å². The highest BCUT2D eigenvalue weighted by Gasteiger charge is 2.30. The SMILES string of the molecule is C=CC1=CC2=CN(c3ccc(C(=O)NCCCN=C(N)N)cc3)C(=O)NC2N1. The Kier molecular flexibility index (Phi) is 5.64. The second kappa shape index (κ2) is 8.30. The molecule has 0 bridgehead atoms. The number of guanidine groups is 1. The van der Waals surface area contributed by atoms with Gasteiger partial charge in [-0.2, -0.15) is 0 Å². The van der Waals surface area contributed by atoms with E-state index < -0.39 is 0 Å². The fourth-order valence-corrected chi connectivity index (χ4v) is 2.86. The Bertz CT molecular complexity index is 867. The van der Waals surface area contributed by atoms with Crippen LogP contribution >= 0.6 is 0 Å². The first-order chi connectivity index (χ1) is 13.5. The molecule has 2 aliphatic rings. The van der Waals surface area contributed by atoms with Gasteiger partial charge in [0.1, 0.15) is 6.17 Å². The summed E-state index contributed by atoms with van der Waals surface area (Å²) in [5.41, 5.74) is 13.4. The van der Waals surface area contributed by atoms with Gasteiger partial charge in [-0.15, -0.1) is 0 Å². The molecular weight excluding hydrogens is 358 g/mol. The number of aliphatic imine (C=N–C) groups is 1. The van der Waals surface area contributed by atoms with Crippen LogP contribution in [0.1, 0.15) is 16.8 Å². The van der Waals surface area contributed by atoms with Crippen LogP contribution < -0.4 is 32.3 Å². The lowest BCUT2D eigenvalue weighted by Gasteiger charge is -2.29. The minimum absolute atomic E-state index is 0.0366. The molecule has 0 radical (unpaired) electrons. The fraction of sp³-hybridized carbons (Fsp3) is 0.211. The molecular formula is C19H23N7O2. The predicted octanol–water partition coefficient (Wildman–Crippen LogP) is 0.493. The molecule has 1 aromatic rings. The van der Waals surface area contributed by atoms with Gasteiger partial charge in [0.05, 0.1) is 5.69 Å². The molecule has 0 saturated carbocycles. The number of nitrogens with zero attached hydrogens (tertiary/aromatic N) is 2. The molecule has 1 atom stereocenters. The van der Waals surface area contributed by atoms with Crippen LogP contribution in [0.2, 0.25) is 0 Å². The van der Waals surface area contributed by atoms with Crippen LogP contribution in [0.4, 0.5) is 10.5 Å². The van der Waals surface area contributed by atoms with Crippen molar-refractivity contribution in [2.45, 2.75) is 12.6 Å². The molecule has 9 heteroatoms. The summed E-state index contributed by atoms with van der Waals surface area (Å²) in [7, 11) is 0. The summed E-state index contributed by atoms with van der Waals surface area (Å²) in [5, 5.41) is 8.82. The number of carbonyl (C=O) groups excluding carboxylic acids is 2. The third kappa shape index (κ3) is 4.32. The molecule has 1 unspecified atom stereocenters. The van der Waals surface area contributed by atoms with Crippen LogP contribution in [0.3, 0.4) is 0 Å². The predicted molar refractivity (Wildman–Crippen MR) is 108 cm³/mol. The Morgan fingerprint density at radius 1 is 1.29 bits per heavy atom. The van der Waals surface area contributed by atoms with Crippen LogP contribution in [0, 0.1) is 0 Å². The Morgan fingerprint density at radius 2 is 2.04 bits per heavy atom. The third-order valence-corrected chi connectivity index (χ3v) is 4.27. The van der Waals surface area contributed by atoms with Crippen LogP contribution in [0.5, 0.6) is 0 Å². The number of nitrogens with two attached hydrogens (primary N) is 2. The Hall–Kier alpha value is -3.75. The lowest BCUT2D eigenvalue weighted by molar-refractivity contribution is 0.0953. The van der Waals surface area contributed by atoms with E-state index in [1.807, 2.05) is 6.08 Å². The van der Waals surface area contributed by atoms with E-state index in [9.17, 15) is 9.59 Å². The second-order valence-corrected chi connectivity index (χ2v) is 6.29. The molecule has 1 aromatic carbocycles. The number of urea groups is 1. The lowest BCUT2D eigenvalue weighted by atomic mass is 10.1. The van der Waals surface area contributed by atoms with Crippen molar-refractivity contribution in [3.05, 3.63) is 66.0 Å². The maximum absolute atomic E-state index is 12.4. The van der Waals surface area contributed by atoms with Gasteiger partial charge in [0, 0.05) is 36.1 Å². The average molecular weight is 381 g/mol. The zero-order valence-corrected chi connectivity index (χ0v) is 15.3. The van der Waals surface area contributed by atoms with Crippen molar-refractivity contribution < 1.29 is 9.59 Å². The monoisotopic (exact) mass is 381 g/mol. The molecule has 0 spiro atoms. The van der Waals surface area contributed by atoms with E-state index in [4.69, 9.17) is 11.5 Å². The molecule has 0 saturated heterocycles. The summed E-state index contributed by atoms with van der Waals surface area (Å²) in [6.07, 6.45) is 5.78. The minimum atomic E-state index is -0.253. The first-order valence-electron chi connectivity index (χ1n) is 8.83. The smallest absolute Gasteiger partial charge is 0.327 e. The third-order valence-electron chi connectivity index (χ3n) is 4.27. The van der Waals surface area contributed by atoms with Gasteiger partial charge in [-0.3, -0.25) is 14.7 Å². The number of hydrogen-bond donors (Lipinski definition) is 5. The van der Waals surface area contributed by atoms with Gasteiger partial charge in [-0.1, -0.05) is 6.58 Å². The highest BCUT2D eigenvalue weighted by Crippen LogP contribution is 2.24. The molecule has 0 aromatic heterocycles. The summed E-state index contributed by atoms with van der Waals surface area (Å²) in [5.74, 6) is -0.161. The molecule has 3 amide bonds. The normalized spacial score (nSPS) is 17.5.